The molecule has 6 heteroatoms. The lowest BCUT2D eigenvalue weighted by Crippen LogP contribution is -2.48. The molecule has 4 nitrogen and oxygen atoms in total. The molecule has 1 amide bonds. The average molecular weight is 382 g/mol. The molecule has 134 valence electrons. The van der Waals surface area contributed by atoms with Crippen LogP contribution in [0.4, 0.5) is 0 Å². The van der Waals surface area contributed by atoms with Gasteiger partial charge in [-0.1, -0.05) is 53.5 Å². The number of hydrogen-bond acceptors (Lipinski definition) is 3. The maximum atomic E-state index is 12.1. The minimum Gasteiger partial charge on any atom is -0.482 e. The maximum absolute atomic E-state index is 12.1. The highest BCUT2D eigenvalue weighted by atomic mass is 35.5. The van der Waals surface area contributed by atoms with Crippen molar-refractivity contribution in [3.8, 4) is 5.75 Å². The molecule has 0 saturated heterocycles. The summed E-state index contributed by atoms with van der Waals surface area (Å²) in [5, 5.41) is 3.76. The van der Waals surface area contributed by atoms with Gasteiger partial charge in [0.2, 0.25) is 0 Å². The summed E-state index contributed by atoms with van der Waals surface area (Å²) in [6, 6.07) is 14.7. The van der Waals surface area contributed by atoms with Gasteiger partial charge in [0, 0.05) is 5.02 Å². The second kappa shape index (κ2) is 9.09. The van der Waals surface area contributed by atoms with Crippen LogP contribution < -0.4 is 10.1 Å². The number of amides is 1. The first-order valence-electron chi connectivity index (χ1n) is 7.86. The molecule has 0 bridgehead atoms. The van der Waals surface area contributed by atoms with E-state index in [9.17, 15) is 4.79 Å². The number of carbonyl (C=O) groups is 1. The van der Waals surface area contributed by atoms with Crippen LogP contribution in [0.2, 0.25) is 10.0 Å². The van der Waals surface area contributed by atoms with E-state index in [1.807, 2.05) is 44.2 Å². The van der Waals surface area contributed by atoms with Crippen molar-refractivity contribution in [2.24, 2.45) is 0 Å². The first-order chi connectivity index (χ1) is 11.9. The fraction of sp³-hybridized carbons (Fsp3) is 0.316. The van der Waals surface area contributed by atoms with Crippen LogP contribution in [0.15, 0.2) is 48.5 Å². The standard InChI is InChI=1S/C19H21Cl2NO3/c1-19(2,13-24-11-14-6-4-3-5-7-14)22-18(23)12-25-17-9-8-15(20)10-16(17)21/h3-10H,11-13H2,1-2H3,(H,22,23). The molecule has 0 aliphatic carbocycles. The van der Waals surface area contributed by atoms with Crippen molar-refractivity contribution < 1.29 is 14.3 Å². The molecule has 0 unspecified atom stereocenters. The SMILES string of the molecule is CC(C)(COCc1ccccc1)NC(=O)COc1ccc(Cl)cc1Cl. The van der Waals surface area contributed by atoms with E-state index in [1.165, 1.54) is 0 Å². The number of ether oxygens (including phenoxy) is 2. The van der Waals surface area contributed by atoms with Gasteiger partial charge in [-0.2, -0.15) is 0 Å². The van der Waals surface area contributed by atoms with Crippen LogP contribution in [0.1, 0.15) is 19.4 Å². The fourth-order valence-electron chi connectivity index (χ4n) is 2.18. The molecule has 0 atom stereocenters. The molecule has 1 N–H and O–H groups in total. The van der Waals surface area contributed by atoms with E-state index in [0.29, 0.717) is 29.0 Å². The minimum atomic E-state index is -0.515. The summed E-state index contributed by atoms with van der Waals surface area (Å²) in [6.07, 6.45) is 0. The Morgan fingerprint density at radius 1 is 1.12 bits per heavy atom. The predicted molar refractivity (Wildman–Crippen MR) is 100 cm³/mol. The molecule has 0 fully saturated rings. The van der Waals surface area contributed by atoms with Gasteiger partial charge in [0.15, 0.2) is 6.61 Å². The largest absolute Gasteiger partial charge is 0.482 e. The number of nitrogens with one attached hydrogen (secondary N) is 1. The van der Waals surface area contributed by atoms with Gasteiger partial charge in [-0.25, -0.2) is 0 Å². The third-order valence-electron chi connectivity index (χ3n) is 3.30. The van der Waals surface area contributed by atoms with Crippen molar-refractivity contribution in [1.29, 1.82) is 0 Å². The van der Waals surface area contributed by atoms with Crippen LogP contribution in [-0.4, -0.2) is 24.7 Å². The Kier molecular flexibility index (Phi) is 7.12. The Morgan fingerprint density at radius 3 is 2.52 bits per heavy atom. The number of halogens is 2. The summed E-state index contributed by atoms with van der Waals surface area (Å²) in [6.45, 7) is 4.53. The lowest BCUT2D eigenvalue weighted by molar-refractivity contribution is -0.125. The molecule has 0 saturated carbocycles. The second-order valence-electron chi connectivity index (χ2n) is 6.27. The van der Waals surface area contributed by atoms with Crippen molar-refractivity contribution >= 4 is 29.1 Å². The zero-order valence-electron chi connectivity index (χ0n) is 14.2. The Bertz CT molecular complexity index is 705. The van der Waals surface area contributed by atoms with Gasteiger partial charge in [-0.05, 0) is 37.6 Å². The molecule has 0 aromatic heterocycles. The quantitative estimate of drug-likeness (QED) is 0.732. The summed E-state index contributed by atoms with van der Waals surface area (Å²) in [5.41, 5.74) is 0.573. The molecule has 2 aromatic carbocycles. The number of benzene rings is 2. The summed E-state index contributed by atoms with van der Waals surface area (Å²) < 4.78 is 11.1. The third-order valence-corrected chi connectivity index (χ3v) is 3.84. The Balaban J connectivity index is 1.76. The van der Waals surface area contributed by atoms with Crippen LogP contribution in [0.5, 0.6) is 5.75 Å². The summed E-state index contributed by atoms with van der Waals surface area (Å²) in [7, 11) is 0. The van der Waals surface area contributed by atoms with Crippen LogP contribution in [0, 0.1) is 0 Å². The fourth-order valence-corrected chi connectivity index (χ4v) is 2.65. The van der Waals surface area contributed by atoms with E-state index in [4.69, 9.17) is 32.7 Å². The topological polar surface area (TPSA) is 47.6 Å². The van der Waals surface area contributed by atoms with Gasteiger partial charge >= 0.3 is 0 Å². The van der Waals surface area contributed by atoms with Gasteiger partial charge in [0.25, 0.3) is 5.91 Å². The second-order valence-corrected chi connectivity index (χ2v) is 7.12. The van der Waals surface area contributed by atoms with Gasteiger partial charge in [-0.3, -0.25) is 4.79 Å². The van der Waals surface area contributed by atoms with Gasteiger partial charge in [0.05, 0.1) is 23.8 Å². The normalized spacial score (nSPS) is 11.2. The average Bonchev–Trinajstić information content (AvgIpc) is 2.54. The zero-order valence-corrected chi connectivity index (χ0v) is 15.7. The highest BCUT2D eigenvalue weighted by molar-refractivity contribution is 6.35. The van der Waals surface area contributed by atoms with Crippen molar-refractivity contribution in [3.05, 3.63) is 64.1 Å². The predicted octanol–water partition coefficient (Wildman–Crippen LogP) is 4.48. The van der Waals surface area contributed by atoms with Crippen LogP contribution >= 0.6 is 23.2 Å². The first kappa shape index (κ1) is 19.6. The van der Waals surface area contributed by atoms with E-state index in [2.05, 4.69) is 5.32 Å². The Labute approximate surface area is 158 Å². The van der Waals surface area contributed by atoms with Crippen LogP contribution in [-0.2, 0) is 16.1 Å². The summed E-state index contributed by atoms with van der Waals surface area (Å²) >= 11 is 11.8. The maximum Gasteiger partial charge on any atom is 0.258 e. The third kappa shape index (κ3) is 6.94. The van der Waals surface area contributed by atoms with E-state index < -0.39 is 5.54 Å². The molecule has 0 aliphatic heterocycles. The van der Waals surface area contributed by atoms with Crippen molar-refractivity contribution in [1.82, 2.24) is 5.32 Å². The van der Waals surface area contributed by atoms with Crippen molar-refractivity contribution in [2.45, 2.75) is 26.0 Å². The van der Waals surface area contributed by atoms with Gasteiger partial charge in [-0.15, -0.1) is 0 Å². The number of rotatable bonds is 8. The Hall–Kier alpha value is -1.75. The molecule has 0 heterocycles. The minimum absolute atomic E-state index is 0.135. The highest BCUT2D eigenvalue weighted by Crippen LogP contribution is 2.27. The van der Waals surface area contributed by atoms with E-state index in [0.717, 1.165) is 5.56 Å². The van der Waals surface area contributed by atoms with Crippen molar-refractivity contribution in [3.63, 3.8) is 0 Å². The van der Waals surface area contributed by atoms with Crippen LogP contribution in [0.3, 0.4) is 0 Å². The first-order valence-corrected chi connectivity index (χ1v) is 8.62. The molecular formula is C19H21Cl2NO3. The molecule has 25 heavy (non-hydrogen) atoms. The lowest BCUT2D eigenvalue weighted by Gasteiger charge is -2.26. The summed E-state index contributed by atoms with van der Waals surface area (Å²) in [4.78, 5) is 12.1. The smallest absolute Gasteiger partial charge is 0.258 e. The molecule has 2 rings (SSSR count). The zero-order chi connectivity index (χ0) is 18.3. The molecule has 2 aromatic rings. The lowest BCUT2D eigenvalue weighted by atomic mass is 10.1. The molecule has 0 aliphatic rings. The summed E-state index contributed by atoms with van der Waals surface area (Å²) in [5.74, 6) is 0.165. The van der Waals surface area contributed by atoms with Gasteiger partial charge < -0.3 is 14.8 Å². The number of hydrogen-bond donors (Lipinski definition) is 1. The van der Waals surface area contributed by atoms with Gasteiger partial charge in [0.1, 0.15) is 5.75 Å². The monoisotopic (exact) mass is 381 g/mol. The van der Waals surface area contributed by atoms with Crippen molar-refractivity contribution in [2.75, 3.05) is 13.2 Å². The number of carbonyl (C=O) groups excluding carboxylic acids is 1. The van der Waals surface area contributed by atoms with Crippen LogP contribution in [0.25, 0.3) is 0 Å². The van der Waals surface area contributed by atoms with E-state index >= 15 is 0 Å². The highest BCUT2D eigenvalue weighted by Gasteiger charge is 2.21. The molecule has 0 spiro atoms. The Morgan fingerprint density at radius 2 is 1.84 bits per heavy atom. The van der Waals surface area contributed by atoms with E-state index in [-0.39, 0.29) is 12.5 Å². The van der Waals surface area contributed by atoms with E-state index in [1.54, 1.807) is 18.2 Å². The molecular weight excluding hydrogens is 361 g/mol. The molecule has 0 radical (unpaired) electrons.